The van der Waals surface area contributed by atoms with E-state index in [2.05, 4.69) is 55.8 Å². The molecule has 0 unspecified atom stereocenters. The summed E-state index contributed by atoms with van der Waals surface area (Å²) in [5.74, 6) is 1.84. The zero-order chi connectivity index (χ0) is 15.2. The van der Waals surface area contributed by atoms with Crippen molar-refractivity contribution in [3.63, 3.8) is 0 Å². The molecule has 2 heterocycles. The zero-order valence-electron chi connectivity index (χ0n) is 14.2. The Morgan fingerprint density at radius 3 is 2.57 bits per heavy atom. The number of pyridine rings is 1. The summed E-state index contributed by atoms with van der Waals surface area (Å²) in [5, 5.41) is 0. The Balaban J connectivity index is 2.11. The van der Waals surface area contributed by atoms with E-state index in [9.17, 15) is 0 Å². The number of hydrogen-bond acceptors (Lipinski definition) is 3. The average molecular weight is 289 g/mol. The van der Waals surface area contributed by atoms with Crippen molar-refractivity contribution in [1.29, 1.82) is 0 Å². The third-order valence-corrected chi connectivity index (χ3v) is 4.46. The first-order valence-electron chi connectivity index (χ1n) is 8.60. The summed E-state index contributed by atoms with van der Waals surface area (Å²) in [6.45, 7) is 13.5. The van der Waals surface area contributed by atoms with E-state index in [0.717, 1.165) is 24.8 Å². The van der Waals surface area contributed by atoms with Crippen molar-refractivity contribution >= 4 is 5.82 Å². The lowest BCUT2D eigenvalue weighted by Gasteiger charge is -2.37. The molecule has 1 aromatic heterocycles. The van der Waals surface area contributed by atoms with Crippen LogP contribution in [0.2, 0.25) is 0 Å². The van der Waals surface area contributed by atoms with Gasteiger partial charge in [-0.15, -0.1) is 0 Å². The minimum Gasteiger partial charge on any atom is -0.357 e. The monoisotopic (exact) mass is 289 g/mol. The SMILES string of the molecule is CCN(CC)c1ccc([C@@H]2CCCCN2CC(C)C)cn1. The molecule has 3 heteroatoms. The highest BCUT2D eigenvalue weighted by Crippen LogP contribution is 2.31. The molecule has 0 amide bonds. The Hall–Kier alpha value is -1.09. The number of rotatable bonds is 6. The van der Waals surface area contributed by atoms with Gasteiger partial charge in [0.2, 0.25) is 0 Å². The first-order valence-corrected chi connectivity index (χ1v) is 8.60. The molecule has 0 bridgehead atoms. The summed E-state index contributed by atoms with van der Waals surface area (Å²) in [5.41, 5.74) is 1.39. The van der Waals surface area contributed by atoms with Crippen LogP contribution in [0, 0.1) is 5.92 Å². The minimum absolute atomic E-state index is 0.569. The van der Waals surface area contributed by atoms with Crippen LogP contribution in [0.3, 0.4) is 0 Å². The molecule has 21 heavy (non-hydrogen) atoms. The van der Waals surface area contributed by atoms with E-state index in [1.807, 2.05) is 0 Å². The molecule has 0 aromatic carbocycles. The first-order chi connectivity index (χ1) is 10.2. The largest absolute Gasteiger partial charge is 0.357 e. The highest BCUT2D eigenvalue weighted by atomic mass is 15.2. The number of piperidine rings is 1. The predicted molar refractivity (Wildman–Crippen MR) is 90.8 cm³/mol. The fourth-order valence-electron chi connectivity index (χ4n) is 3.39. The van der Waals surface area contributed by atoms with Gasteiger partial charge in [0.15, 0.2) is 0 Å². The van der Waals surface area contributed by atoms with Crippen LogP contribution in [-0.2, 0) is 0 Å². The van der Waals surface area contributed by atoms with Gasteiger partial charge in [-0.05, 0) is 50.8 Å². The third-order valence-electron chi connectivity index (χ3n) is 4.46. The van der Waals surface area contributed by atoms with Gasteiger partial charge in [-0.2, -0.15) is 0 Å². The normalized spacial score (nSPS) is 20.0. The molecule has 3 nitrogen and oxygen atoms in total. The Labute approximate surface area is 130 Å². The highest BCUT2D eigenvalue weighted by molar-refractivity contribution is 5.39. The van der Waals surface area contributed by atoms with Gasteiger partial charge in [0.1, 0.15) is 5.82 Å². The van der Waals surface area contributed by atoms with Crippen LogP contribution in [-0.4, -0.2) is 36.1 Å². The van der Waals surface area contributed by atoms with Gasteiger partial charge < -0.3 is 4.90 Å². The molecule has 0 N–H and O–H groups in total. The van der Waals surface area contributed by atoms with Gasteiger partial charge >= 0.3 is 0 Å². The van der Waals surface area contributed by atoms with Gasteiger partial charge in [-0.1, -0.05) is 26.3 Å². The minimum atomic E-state index is 0.569. The maximum Gasteiger partial charge on any atom is 0.128 e. The van der Waals surface area contributed by atoms with Crippen LogP contribution in [0.4, 0.5) is 5.82 Å². The summed E-state index contributed by atoms with van der Waals surface area (Å²) in [4.78, 5) is 9.67. The molecule has 0 saturated carbocycles. The lowest BCUT2D eigenvalue weighted by Crippen LogP contribution is -2.36. The van der Waals surface area contributed by atoms with E-state index >= 15 is 0 Å². The molecule has 118 valence electrons. The van der Waals surface area contributed by atoms with Gasteiger partial charge in [0, 0.05) is 31.9 Å². The van der Waals surface area contributed by atoms with Gasteiger partial charge in [0.25, 0.3) is 0 Å². The average Bonchev–Trinajstić information content (AvgIpc) is 2.49. The molecule has 0 aliphatic carbocycles. The quantitative estimate of drug-likeness (QED) is 0.785. The van der Waals surface area contributed by atoms with E-state index in [1.54, 1.807) is 0 Å². The molecule has 1 fully saturated rings. The fraction of sp³-hybridized carbons (Fsp3) is 0.722. The molecule has 0 spiro atoms. The number of nitrogens with zero attached hydrogens (tertiary/aromatic N) is 3. The Morgan fingerprint density at radius 2 is 2.00 bits per heavy atom. The van der Waals surface area contributed by atoms with Crippen molar-refractivity contribution in [3.8, 4) is 0 Å². The summed E-state index contributed by atoms with van der Waals surface area (Å²) >= 11 is 0. The van der Waals surface area contributed by atoms with E-state index in [1.165, 1.54) is 37.9 Å². The molecule has 1 saturated heterocycles. The van der Waals surface area contributed by atoms with Crippen molar-refractivity contribution in [2.24, 2.45) is 5.92 Å². The Morgan fingerprint density at radius 1 is 1.24 bits per heavy atom. The van der Waals surface area contributed by atoms with Crippen molar-refractivity contribution in [2.45, 2.75) is 53.0 Å². The molecular weight excluding hydrogens is 258 g/mol. The van der Waals surface area contributed by atoms with Crippen molar-refractivity contribution < 1.29 is 0 Å². The molecule has 1 aromatic rings. The van der Waals surface area contributed by atoms with Crippen LogP contribution >= 0.6 is 0 Å². The molecule has 1 atom stereocenters. The molecule has 2 rings (SSSR count). The summed E-state index contributed by atoms with van der Waals surface area (Å²) in [7, 11) is 0. The summed E-state index contributed by atoms with van der Waals surface area (Å²) in [6.07, 6.45) is 6.07. The smallest absolute Gasteiger partial charge is 0.128 e. The van der Waals surface area contributed by atoms with Gasteiger partial charge in [-0.25, -0.2) is 4.98 Å². The zero-order valence-corrected chi connectivity index (χ0v) is 14.2. The van der Waals surface area contributed by atoms with E-state index < -0.39 is 0 Å². The van der Waals surface area contributed by atoms with Crippen LogP contribution in [0.1, 0.15) is 58.6 Å². The first kappa shape index (κ1) is 16.3. The van der Waals surface area contributed by atoms with Crippen molar-refractivity contribution in [2.75, 3.05) is 31.1 Å². The predicted octanol–water partition coefficient (Wildman–Crippen LogP) is 4.11. The number of anilines is 1. The Kier molecular flexibility index (Phi) is 6.04. The second-order valence-electron chi connectivity index (χ2n) is 6.52. The van der Waals surface area contributed by atoms with Crippen LogP contribution in [0.15, 0.2) is 18.3 Å². The van der Waals surface area contributed by atoms with Gasteiger partial charge in [0.05, 0.1) is 0 Å². The Bertz CT molecular complexity index is 409. The summed E-state index contributed by atoms with van der Waals surface area (Å²) < 4.78 is 0. The van der Waals surface area contributed by atoms with Crippen LogP contribution < -0.4 is 4.90 Å². The van der Waals surface area contributed by atoms with Crippen molar-refractivity contribution in [3.05, 3.63) is 23.9 Å². The van der Waals surface area contributed by atoms with E-state index in [-0.39, 0.29) is 0 Å². The number of aromatic nitrogens is 1. The topological polar surface area (TPSA) is 19.4 Å². The maximum atomic E-state index is 4.71. The lowest BCUT2D eigenvalue weighted by atomic mass is 9.95. The molecular formula is C18H31N3. The second-order valence-corrected chi connectivity index (χ2v) is 6.52. The lowest BCUT2D eigenvalue weighted by molar-refractivity contribution is 0.132. The fourth-order valence-corrected chi connectivity index (χ4v) is 3.39. The summed E-state index contributed by atoms with van der Waals surface area (Å²) in [6, 6.07) is 5.06. The van der Waals surface area contributed by atoms with Crippen LogP contribution in [0.5, 0.6) is 0 Å². The van der Waals surface area contributed by atoms with Gasteiger partial charge in [-0.3, -0.25) is 4.90 Å². The molecule has 1 aliphatic heterocycles. The van der Waals surface area contributed by atoms with E-state index in [4.69, 9.17) is 4.98 Å². The van der Waals surface area contributed by atoms with Crippen molar-refractivity contribution in [1.82, 2.24) is 9.88 Å². The van der Waals surface area contributed by atoms with E-state index in [0.29, 0.717) is 6.04 Å². The number of likely N-dealkylation sites (tertiary alicyclic amines) is 1. The maximum absolute atomic E-state index is 4.71. The third kappa shape index (κ3) is 4.19. The number of hydrogen-bond donors (Lipinski definition) is 0. The standard InChI is InChI=1S/C18H31N3/c1-5-20(6-2)18-11-10-16(13-19-18)17-9-7-8-12-21(17)14-15(3)4/h10-11,13,15,17H,5-9,12,14H2,1-4H3/t17-/m0/s1. The molecule has 0 radical (unpaired) electrons. The highest BCUT2D eigenvalue weighted by Gasteiger charge is 2.24. The van der Waals surface area contributed by atoms with Crippen LogP contribution in [0.25, 0.3) is 0 Å². The second kappa shape index (κ2) is 7.79. The molecule has 1 aliphatic rings.